The second-order valence-electron chi connectivity index (χ2n) is 8.02. The SMILES string of the molecule is CC(=O)NC1=NC(=O)/C(=C2/C(=O)N3c4c2cc(C)cc4[C@@H](C)CC3(C)C)S1. The van der Waals surface area contributed by atoms with Crippen molar-refractivity contribution in [2.45, 2.75) is 52.5 Å². The van der Waals surface area contributed by atoms with E-state index in [0.29, 0.717) is 11.5 Å². The van der Waals surface area contributed by atoms with Crippen LogP contribution in [0.25, 0.3) is 5.57 Å². The van der Waals surface area contributed by atoms with Crippen LogP contribution < -0.4 is 10.2 Å². The highest BCUT2D eigenvalue weighted by molar-refractivity contribution is 8.18. The lowest BCUT2D eigenvalue weighted by molar-refractivity contribution is -0.117. The molecule has 0 unspecified atom stereocenters. The molecule has 1 atom stereocenters. The van der Waals surface area contributed by atoms with Gasteiger partial charge in [-0.25, -0.2) is 0 Å². The first-order valence-electron chi connectivity index (χ1n) is 8.92. The number of carbonyl (C=O) groups is 3. The van der Waals surface area contributed by atoms with Gasteiger partial charge in [0.2, 0.25) is 5.91 Å². The van der Waals surface area contributed by atoms with Crippen LogP contribution in [0.4, 0.5) is 5.69 Å². The number of hydrogen-bond acceptors (Lipinski definition) is 4. The molecule has 3 aliphatic rings. The number of rotatable bonds is 0. The lowest BCUT2D eigenvalue weighted by Gasteiger charge is -2.43. The number of carbonyl (C=O) groups excluding carboxylic acids is 3. The zero-order chi connectivity index (χ0) is 19.7. The van der Waals surface area contributed by atoms with Crippen LogP contribution in [0.5, 0.6) is 0 Å². The average molecular weight is 383 g/mol. The van der Waals surface area contributed by atoms with Crippen molar-refractivity contribution in [1.82, 2.24) is 5.32 Å². The summed E-state index contributed by atoms with van der Waals surface area (Å²) in [6, 6.07) is 4.10. The quantitative estimate of drug-likeness (QED) is 0.698. The van der Waals surface area contributed by atoms with Gasteiger partial charge in [-0.2, -0.15) is 4.99 Å². The van der Waals surface area contributed by atoms with Crippen LogP contribution in [0, 0.1) is 6.92 Å². The van der Waals surface area contributed by atoms with Gasteiger partial charge in [-0.05, 0) is 56.5 Å². The molecule has 0 saturated carbocycles. The maximum absolute atomic E-state index is 13.4. The van der Waals surface area contributed by atoms with Crippen molar-refractivity contribution >= 4 is 45.9 Å². The van der Waals surface area contributed by atoms with Crippen LogP contribution in [0.1, 0.15) is 56.7 Å². The standard InChI is InChI=1S/C20H21N3O3S/c1-9-6-12-10(2)8-20(4,5)23-15(12)13(7-9)14(18(23)26)16-17(25)22-19(27-16)21-11(3)24/h6-7,10H,8H2,1-5H3,(H,21,22,24,25)/b16-14-/t10-/m0/s1. The lowest BCUT2D eigenvalue weighted by atomic mass is 9.80. The Bertz CT molecular complexity index is 990. The van der Waals surface area contributed by atoms with Crippen LogP contribution in [-0.2, 0) is 14.4 Å². The van der Waals surface area contributed by atoms with Gasteiger partial charge in [-0.1, -0.05) is 18.6 Å². The van der Waals surface area contributed by atoms with E-state index >= 15 is 0 Å². The Morgan fingerprint density at radius 1 is 1.33 bits per heavy atom. The van der Waals surface area contributed by atoms with Crippen molar-refractivity contribution in [3.05, 3.63) is 33.7 Å². The summed E-state index contributed by atoms with van der Waals surface area (Å²) in [5.41, 5.74) is 3.97. The van der Waals surface area contributed by atoms with E-state index in [2.05, 4.69) is 37.1 Å². The fourth-order valence-corrected chi connectivity index (χ4v) is 5.32. The Morgan fingerprint density at radius 2 is 2.04 bits per heavy atom. The lowest BCUT2D eigenvalue weighted by Crippen LogP contribution is -2.49. The Morgan fingerprint density at radius 3 is 2.70 bits per heavy atom. The Hall–Kier alpha value is -2.41. The van der Waals surface area contributed by atoms with Crippen molar-refractivity contribution in [3.63, 3.8) is 0 Å². The maximum Gasteiger partial charge on any atom is 0.287 e. The number of amides is 3. The van der Waals surface area contributed by atoms with Crippen LogP contribution in [0.2, 0.25) is 0 Å². The molecular formula is C20H21N3O3S. The first kappa shape index (κ1) is 18.0. The first-order chi connectivity index (χ1) is 12.6. The van der Waals surface area contributed by atoms with Crippen molar-refractivity contribution in [3.8, 4) is 0 Å². The molecule has 1 aromatic rings. The predicted molar refractivity (Wildman–Crippen MR) is 107 cm³/mol. The van der Waals surface area contributed by atoms with Crippen molar-refractivity contribution in [2.75, 3.05) is 4.90 Å². The Balaban J connectivity index is 1.92. The van der Waals surface area contributed by atoms with Crippen molar-refractivity contribution in [2.24, 2.45) is 4.99 Å². The molecule has 0 spiro atoms. The molecule has 7 heteroatoms. The molecule has 0 saturated heterocycles. The zero-order valence-corrected chi connectivity index (χ0v) is 16.8. The number of nitrogens with zero attached hydrogens (tertiary/aromatic N) is 2. The van der Waals surface area contributed by atoms with Gasteiger partial charge in [0.1, 0.15) is 0 Å². The van der Waals surface area contributed by atoms with Crippen molar-refractivity contribution in [1.29, 1.82) is 0 Å². The molecule has 1 aromatic carbocycles. The van der Waals surface area contributed by atoms with Gasteiger partial charge in [-0.3, -0.25) is 14.4 Å². The van der Waals surface area contributed by atoms with E-state index in [9.17, 15) is 14.4 Å². The molecular weight excluding hydrogens is 362 g/mol. The summed E-state index contributed by atoms with van der Waals surface area (Å²) in [6.45, 7) is 9.66. The number of anilines is 1. The van der Waals surface area contributed by atoms with Gasteiger partial charge < -0.3 is 10.2 Å². The van der Waals surface area contributed by atoms with Crippen LogP contribution in [-0.4, -0.2) is 28.4 Å². The molecule has 4 rings (SSSR count). The molecule has 0 fully saturated rings. The number of hydrogen-bond donors (Lipinski definition) is 1. The third kappa shape index (κ3) is 2.64. The van der Waals surface area contributed by atoms with Gasteiger partial charge in [0.05, 0.1) is 16.2 Å². The van der Waals surface area contributed by atoms with Gasteiger partial charge >= 0.3 is 0 Å². The monoisotopic (exact) mass is 383 g/mol. The van der Waals surface area contributed by atoms with E-state index in [1.807, 2.05) is 17.9 Å². The Labute approximate surface area is 162 Å². The maximum atomic E-state index is 13.4. The molecule has 140 valence electrons. The van der Waals surface area contributed by atoms with Crippen molar-refractivity contribution < 1.29 is 14.4 Å². The smallest absolute Gasteiger partial charge is 0.287 e. The number of aryl methyl sites for hydroxylation is 1. The highest BCUT2D eigenvalue weighted by Crippen LogP contribution is 2.53. The minimum Gasteiger partial charge on any atom is -0.305 e. The van der Waals surface area contributed by atoms with E-state index in [1.165, 1.54) is 6.92 Å². The minimum absolute atomic E-state index is 0.163. The molecule has 3 heterocycles. The van der Waals surface area contributed by atoms with E-state index < -0.39 is 5.91 Å². The largest absolute Gasteiger partial charge is 0.305 e. The van der Waals surface area contributed by atoms with Gasteiger partial charge in [-0.15, -0.1) is 0 Å². The highest BCUT2D eigenvalue weighted by atomic mass is 32.2. The third-order valence-electron chi connectivity index (χ3n) is 5.24. The molecule has 27 heavy (non-hydrogen) atoms. The number of benzene rings is 1. The fourth-order valence-electron chi connectivity index (χ4n) is 4.37. The van der Waals surface area contributed by atoms with Crippen LogP contribution >= 0.6 is 11.8 Å². The summed E-state index contributed by atoms with van der Waals surface area (Å²) >= 11 is 1.06. The first-order valence-corrected chi connectivity index (χ1v) is 9.74. The van der Waals surface area contributed by atoms with E-state index in [-0.39, 0.29) is 27.4 Å². The van der Waals surface area contributed by atoms with E-state index in [1.54, 1.807) is 0 Å². The molecule has 3 aliphatic heterocycles. The summed E-state index contributed by atoms with van der Waals surface area (Å²) in [5, 5.41) is 2.76. The number of thioether (sulfide) groups is 1. The van der Waals surface area contributed by atoms with Gasteiger partial charge in [0.25, 0.3) is 11.8 Å². The second-order valence-corrected chi connectivity index (χ2v) is 9.02. The molecule has 0 bridgehead atoms. The van der Waals surface area contributed by atoms with E-state index in [4.69, 9.17) is 0 Å². The normalized spacial score (nSPS) is 25.6. The predicted octanol–water partition coefficient (Wildman–Crippen LogP) is 3.10. The summed E-state index contributed by atoms with van der Waals surface area (Å²) in [7, 11) is 0. The van der Waals surface area contributed by atoms with Crippen LogP contribution in [0.3, 0.4) is 0 Å². The molecule has 0 aromatic heterocycles. The number of nitrogens with one attached hydrogen (secondary N) is 1. The summed E-state index contributed by atoms with van der Waals surface area (Å²) in [4.78, 5) is 43.3. The third-order valence-corrected chi connectivity index (χ3v) is 6.21. The number of aliphatic imine (C=N–C) groups is 1. The Kier molecular flexibility index (Phi) is 3.86. The topological polar surface area (TPSA) is 78.8 Å². The minimum atomic E-state index is -0.479. The van der Waals surface area contributed by atoms with Crippen LogP contribution in [0.15, 0.2) is 22.0 Å². The average Bonchev–Trinajstić information content (AvgIpc) is 3.01. The van der Waals surface area contributed by atoms with Gasteiger partial charge in [0, 0.05) is 18.0 Å². The van der Waals surface area contributed by atoms with Gasteiger partial charge in [0.15, 0.2) is 5.17 Å². The molecule has 1 N–H and O–H groups in total. The second kappa shape index (κ2) is 5.79. The highest BCUT2D eigenvalue weighted by Gasteiger charge is 2.49. The molecule has 0 radical (unpaired) electrons. The zero-order valence-electron chi connectivity index (χ0n) is 16.0. The fraction of sp³-hybridized carbons (Fsp3) is 0.400. The van der Waals surface area contributed by atoms with E-state index in [0.717, 1.165) is 40.6 Å². The summed E-state index contributed by atoms with van der Waals surface area (Å²) < 4.78 is 0. The molecule has 6 nitrogen and oxygen atoms in total. The number of amidine groups is 1. The molecule has 3 amide bonds. The molecule has 0 aliphatic carbocycles. The summed E-state index contributed by atoms with van der Waals surface area (Å²) in [5.74, 6) is -0.622. The summed E-state index contributed by atoms with van der Waals surface area (Å²) in [6.07, 6.45) is 0.853.